The first-order valence-electron chi connectivity index (χ1n) is 7.94. The van der Waals surface area contributed by atoms with Crippen LogP contribution in [0, 0.1) is 11.3 Å². The number of nitrogens with one attached hydrogen (secondary N) is 1. The van der Waals surface area contributed by atoms with Crippen LogP contribution in [-0.2, 0) is 11.2 Å². The van der Waals surface area contributed by atoms with E-state index in [1.807, 2.05) is 30.0 Å². The molecule has 1 aromatic carbocycles. The second kappa shape index (κ2) is 9.45. The Bertz CT molecular complexity index is 766. The lowest BCUT2D eigenvalue weighted by Gasteiger charge is -2.18. The molecule has 0 fully saturated rings. The van der Waals surface area contributed by atoms with Gasteiger partial charge in [-0.25, -0.2) is 0 Å². The molecule has 0 aliphatic heterocycles. The van der Waals surface area contributed by atoms with E-state index in [0.29, 0.717) is 23.8 Å². The Balaban J connectivity index is 2.01. The SMILES string of the molecule is CCN(/C=C(/C#N)C(=O)Nc1ccc(Cl)cc1)CCc1ccncc1. The number of carbonyl (C=O) groups is 1. The van der Waals surface area contributed by atoms with Crippen molar-refractivity contribution in [1.29, 1.82) is 5.26 Å². The van der Waals surface area contributed by atoms with Gasteiger partial charge in [0.15, 0.2) is 0 Å². The summed E-state index contributed by atoms with van der Waals surface area (Å²) in [6.07, 6.45) is 5.92. The molecule has 0 aliphatic rings. The highest BCUT2D eigenvalue weighted by Crippen LogP contribution is 2.14. The summed E-state index contributed by atoms with van der Waals surface area (Å²) in [6, 6.07) is 12.6. The van der Waals surface area contributed by atoms with Crippen molar-refractivity contribution in [1.82, 2.24) is 9.88 Å². The molecule has 2 rings (SSSR count). The van der Waals surface area contributed by atoms with Gasteiger partial charge in [-0.05, 0) is 55.3 Å². The van der Waals surface area contributed by atoms with Gasteiger partial charge in [-0.2, -0.15) is 5.26 Å². The molecule has 0 unspecified atom stereocenters. The summed E-state index contributed by atoms with van der Waals surface area (Å²) >= 11 is 5.82. The van der Waals surface area contributed by atoms with Crippen LogP contribution in [0.15, 0.2) is 60.6 Å². The summed E-state index contributed by atoms with van der Waals surface area (Å²) in [7, 11) is 0. The molecule has 1 amide bonds. The zero-order valence-corrected chi connectivity index (χ0v) is 14.7. The topological polar surface area (TPSA) is 69.0 Å². The number of nitriles is 1. The molecule has 6 heteroatoms. The van der Waals surface area contributed by atoms with Crippen molar-refractivity contribution in [2.45, 2.75) is 13.3 Å². The second-order valence-electron chi connectivity index (χ2n) is 5.35. The number of halogens is 1. The Morgan fingerprint density at radius 1 is 1.28 bits per heavy atom. The fourth-order valence-electron chi connectivity index (χ4n) is 2.19. The van der Waals surface area contributed by atoms with E-state index in [4.69, 9.17) is 11.6 Å². The van der Waals surface area contributed by atoms with E-state index in [9.17, 15) is 10.1 Å². The molecule has 0 aliphatic carbocycles. The number of hydrogen-bond acceptors (Lipinski definition) is 4. The van der Waals surface area contributed by atoms with Crippen LogP contribution < -0.4 is 5.32 Å². The van der Waals surface area contributed by atoms with Crippen molar-refractivity contribution in [2.24, 2.45) is 0 Å². The van der Waals surface area contributed by atoms with Crippen LogP contribution in [0.4, 0.5) is 5.69 Å². The van der Waals surface area contributed by atoms with E-state index < -0.39 is 5.91 Å². The quantitative estimate of drug-likeness (QED) is 0.608. The molecule has 0 radical (unpaired) electrons. The Hall–Kier alpha value is -2.84. The average Bonchev–Trinajstić information content (AvgIpc) is 2.64. The Kier molecular flexibility index (Phi) is 7.00. The van der Waals surface area contributed by atoms with Gasteiger partial charge in [0.05, 0.1) is 0 Å². The molecule has 1 heterocycles. The zero-order valence-electron chi connectivity index (χ0n) is 13.9. The van der Waals surface area contributed by atoms with Crippen molar-refractivity contribution in [2.75, 3.05) is 18.4 Å². The van der Waals surface area contributed by atoms with Crippen molar-refractivity contribution < 1.29 is 4.79 Å². The first-order valence-corrected chi connectivity index (χ1v) is 8.32. The predicted molar refractivity (Wildman–Crippen MR) is 99.0 cm³/mol. The Morgan fingerprint density at radius 2 is 1.96 bits per heavy atom. The lowest BCUT2D eigenvalue weighted by Crippen LogP contribution is -2.23. The zero-order chi connectivity index (χ0) is 18.1. The predicted octanol–water partition coefficient (Wildman–Crippen LogP) is 3.65. The molecule has 0 atom stereocenters. The van der Waals surface area contributed by atoms with E-state index in [-0.39, 0.29) is 5.57 Å². The third-order valence-electron chi connectivity index (χ3n) is 3.62. The number of likely N-dealkylation sites (N-methyl/N-ethyl adjacent to an activating group) is 1. The van der Waals surface area contributed by atoms with Crippen LogP contribution in [0.2, 0.25) is 5.02 Å². The molecule has 25 heavy (non-hydrogen) atoms. The lowest BCUT2D eigenvalue weighted by molar-refractivity contribution is -0.112. The molecule has 1 N–H and O–H groups in total. The summed E-state index contributed by atoms with van der Waals surface area (Å²) < 4.78 is 0. The fraction of sp³-hybridized carbons (Fsp3) is 0.211. The van der Waals surface area contributed by atoms with Gasteiger partial charge in [-0.1, -0.05) is 11.6 Å². The van der Waals surface area contributed by atoms with Gasteiger partial charge in [-0.3, -0.25) is 9.78 Å². The summed E-state index contributed by atoms with van der Waals surface area (Å²) in [5.74, 6) is -0.438. The van der Waals surface area contributed by atoms with Gasteiger partial charge in [0.2, 0.25) is 0 Å². The highest BCUT2D eigenvalue weighted by molar-refractivity contribution is 6.30. The summed E-state index contributed by atoms with van der Waals surface area (Å²) in [4.78, 5) is 18.2. The average molecular weight is 355 g/mol. The minimum absolute atomic E-state index is 0.0616. The molecule has 5 nitrogen and oxygen atoms in total. The van der Waals surface area contributed by atoms with E-state index in [1.165, 1.54) is 0 Å². The largest absolute Gasteiger partial charge is 0.376 e. The van der Waals surface area contributed by atoms with E-state index in [1.54, 1.807) is 42.9 Å². The maximum Gasteiger partial charge on any atom is 0.267 e. The van der Waals surface area contributed by atoms with Crippen molar-refractivity contribution in [3.63, 3.8) is 0 Å². The van der Waals surface area contributed by atoms with E-state index in [0.717, 1.165) is 12.0 Å². The van der Waals surface area contributed by atoms with Crippen LogP contribution in [0.1, 0.15) is 12.5 Å². The van der Waals surface area contributed by atoms with Crippen molar-refractivity contribution in [3.8, 4) is 6.07 Å². The smallest absolute Gasteiger partial charge is 0.267 e. The molecule has 1 aromatic heterocycles. The van der Waals surface area contributed by atoms with Crippen molar-refractivity contribution in [3.05, 3.63) is 71.2 Å². The molecule has 0 spiro atoms. The number of hydrogen-bond donors (Lipinski definition) is 1. The van der Waals surface area contributed by atoms with Crippen LogP contribution in [0.3, 0.4) is 0 Å². The second-order valence-corrected chi connectivity index (χ2v) is 5.79. The minimum Gasteiger partial charge on any atom is -0.376 e. The first kappa shape index (κ1) is 18.5. The summed E-state index contributed by atoms with van der Waals surface area (Å²) in [6.45, 7) is 3.39. The normalized spacial score (nSPS) is 10.8. The van der Waals surface area contributed by atoms with Crippen molar-refractivity contribution >= 4 is 23.2 Å². The summed E-state index contributed by atoms with van der Waals surface area (Å²) in [5, 5.41) is 12.6. The number of pyridine rings is 1. The highest BCUT2D eigenvalue weighted by Gasteiger charge is 2.11. The molecular weight excluding hydrogens is 336 g/mol. The molecular formula is C19H19ClN4O. The number of carbonyl (C=O) groups excluding carboxylic acids is 1. The number of rotatable bonds is 7. The van der Waals surface area contributed by atoms with Gasteiger partial charge < -0.3 is 10.2 Å². The third-order valence-corrected chi connectivity index (χ3v) is 3.87. The minimum atomic E-state index is -0.438. The molecule has 0 saturated carbocycles. The number of nitrogens with zero attached hydrogens (tertiary/aromatic N) is 3. The van der Waals surface area contributed by atoms with Gasteiger partial charge in [0.1, 0.15) is 11.6 Å². The monoisotopic (exact) mass is 354 g/mol. The first-order chi connectivity index (χ1) is 12.1. The molecule has 128 valence electrons. The number of aromatic nitrogens is 1. The Morgan fingerprint density at radius 3 is 2.56 bits per heavy atom. The standard InChI is InChI=1S/C19H19ClN4O/c1-2-24(12-9-15-7-10-22-11-8-15)14-16(13-21)19(25)23-18-5-3-17(20)4-6-18/h3-8,10-11,14H,2,9,12H2,1H3,(H,23,25)/b16-14-. The lowest BCUT2D eigenvalue weighted by atomic mass is 10.2. The number of benzene rings is 1. The highest BCUT2D eigenvalue weighted by atomic mass is 35.5. The van der Waals surface area contributed by atoms with E-state index in [2.05, 4.69) is 10.3 Å². The van der Waals surface area contributed by atoms with Crippen LogP contribution in [0.25, 0.3) is 0 Å². The van der Waals surface area contributed by atoms with Gasteiger partial charge >= 0.3 is 0 Å². The maximum atomic E-state index is 12.3. The van der Waals surface area contributed by atoms with Crippen LogP contribution >= 0.6 is 11.6 Å². The number of anilines is 1. The van der Waals surface area contributed by atoms with Crippen LogP contribution in [0.5, 0.6) is 0 Å². The maximum absolute atomic E-state index is 12.3. The van der Waals surface area contributed by atoms with Gasteiger partial charge in [0, 0.05) is 42.4 Å². The molecule has 2 aromatic rings. The third kappa shape index (κ3) is 5.94. The van der Waals surface area contributed by atoms with Crippen LogP contribution in [-0.4, -0.2) is 28.9 Å². The van der Waals surface area contributed by atoms with Gasteiger partial charge in [-0.15, -0.1) is 0 Å². The number of amides is 1. The van der Waals surface area contributed by atoms with Gasteiger partial charge in [0.25, 0.3) is 5.91 Å². The Labute approximate surface area is 152 Å². The molecule has 0 bridgehead atoms. The van der Waals surface area contributed by atoms with E-state index >= 15 is 0 Å². The molecule has 0 saturated heterocycles. The summed E-state index contributed by atoms with van der Waals surface area (Å²) in [5.41, 5.74) is 1.81. The fourth-order valence-corrected chi connectivity index (χ4v) is 2.31.